The van der Waals surface area contributed by atoms with Gasteiger partial charge >= 0.3 is 5.97 Å². The number of carboxylic acid groups (broad SMARTS) is 1. The number of aliphatic hydroxyl groups is 1. The highest BCUT2D eigenvalue weighted by atomic mass is 16.4. The number of likely N-dealkylation sites (N-methyl/N-ethyl adjacent to an activating group) is 1. The molecular formula is C11H15NO3. The van der Waals surface area contributed by atoms with Crippen LogP contribution in [-0.2, 0) is 0 Å². The lowest BCUT2D eigenvalue weighted by molar-refractivity contribution is 0.0697. The first-order valence-corrected chi connectivity index (χ1v) is 4.74. The maximum absolute atomic E-state index is 10.9. The van der Waals surface area contributed by atoms with Gasteiger partial charge in [0.25, 0.3) is 0 Å². The predicted octanol–water partition coefficient (Wildman–Crippen LogP) is 1.20. The molecule has 4 nitrogen and oxygen atoms in total. The number of anilines is 1. The number of hydrogen-bond donors (Lipinski definition) is 2. The lowest BCUT2D eigenvalue weighted by Gasteiger charge is -2.22. The van der Waals surface area contributed by atoms with Gasteiger partial charge in [-0.05, 0) is 19.1 Å². The molecule has 0 aromatic heterocycles. The lowest BCUT2D eigenvalue weighted by Crippen LogP contribution is -2.28. The highest BCUT2D eigenvalue weighted by Gasteiger charge is 2.13. The van der Waals surface area contributed by atoms with Gasteiger partial charge in [0.15, 0.2) is 0 Å². The summed E-state index contributed by atoms with van der Waals surface area (Å²) in [6, 6.07) is 6.74. The van der Waals surface area contributed by atoms with E-state index in [1.807, 2.05) is 0 Å². The van der Waals surface area contributed by atoms with E-state index in [4.69, 9.17) is 5.11 Å². The normalized spacial score (nSPS) is 12.2. The second-order valence-corrected chi connectivity index (χ2v) is 3.55. The monoisotopic (exact) mass is 209 g/mol. The molecule has 1 atom stereocenters. The van der Waals surface area contributed by atoms with E-state index in [9.17, 15) is 9.90 Å². The largest absolute Gasteiger partial charge is 0.478 e. The maximum Gasteiger partial charge on any atom is 0.337 e. The molecule has 0 saturated heterocycles. The minimum atomic E-state index is -0.956. The minimum Gasteiger partial charge on any atom is -0.478 e. The Balaban J connectivity index is 2.97. The summed E-state index contributed by atoms with van der Waals surface area (Å²) in [5.74, 6) is -0.956. The topological polar surface area (TPSA) is 60.8 Å². The number of rotatable bonds is 4. The van der Waals surface area contributed by atoms with E-state index in [2.05, 4.69) is 0 Å². The summed E-state index contributed by atoms with van der Waals surface area (Å²) >= 11 is 0. The van der Waals surface area contributed by atoms with Crippen molar-refractivity contribution in [1.29, 1.82) is 0 Å². The van der Waals surface area contributed by atoms with Crippen molar-refractivity contribution < 1.29 is 15.0 Å². The van der Waals surface area contributed by atoms with Gasteiger partial charge in [-0.2, -0.15) is 0 Å². The molecule has 0 heterocycles. The number of carboxylic acids is 1. The number of aliphatic hydroxyl groups excluding tert-OH is 1. The van der Waals surface area contributed by atoms with Crippen LogP contribution in [0.2, 0.25) is 0 Å². The van der Waals surface area contributed by atoms with Gasteiger partial charge in [-0.15, -0.1) is 0 Å². The van der Waals surface area contributed by atoms with E-state index in [0.717, 1.165) is 0 Å². The number of benzene rings is 1. The SMILES string of the molecule is CC(O)CN(C)c1ccccc1C(=O)O. The van der Waals surface area contributed by atoms with Gasteiger partial charge in [-0.1, -0.05) is 12.1 Å². The third kappa shape index (κ3) is 2.95. The Morgan fingerprint density at radius 1 is 1.47 bits per heavy atom. The van der Waals surface area contributed by atoms with Crippen LogP contribution in [0, 0.1) is 0 Å². The highest BCUT2D eigenvalue weighted by molar-refractivity contribution is 5.94. The van der Waals surface area contributed by atoms with Crippen molar-refractivity contribution in [3.05, 3.63) is 29.8 Å². The Morgan fingerprint density at radius 2 is 2.07 bits per heavy atom. The van der Waals surface area contributed by atoms with E-state index >= 15 is 0 Å². The average molecular weight is 209 g/mol. The standard InChI is InChI=1S/C11H15NO3/c1-8(13)7-12(2)10-6-4-3-5-9(10)11(14)15/h3-6,8,13H,7H2,1-2H3,(H,14,15). The zero-order chi connectivity index (χ0) is 11.4. The molecule has 0 aliphatic rings. The number of aromatic carboxylic acids is 1. The molecule has 2 N–H and O–H groups in total. The zero-order valence-corrected chi connectivity index (χ0v) is 8.84. The van der Waals surface area contributed by atoms with Crippen molar-refractivity contribution in [1.82, 2.24) is 0 Å². The zero-order valence-electron chi connectivity index (χ0n) is 8.84. The van der Waals surface area contributed by atoms with Crippen LogP contribution in [0.15, 0.2) is 24.3 Å². The van der Waals surface area contributed by atoms with E-state index in [0.29, 0.717) is 12.2 Å². The van der Waals surface area contributed by atoms with Gasteiger partial charge in [-0.25, -0.2) is 4.79 Å². The molecule has 0 aliphatic heterocycles. The number of para-hydroxylation sites is 1. The molecule has 15 heavy (non-hydrogen) atoms. The Hall–Kier alpha value is -1.55. The summed E-state index contributed by atoms with van der Waals surface area (Å²) in [5.41, 5.74) is 0.867. The quantitative estimate of drug-likeness (QED) is 0.782. The first-order chi connectivity index (χ1) is 7.02. The molecule has 0 spiro atoms. The molecule has 0 aliphatic carbocycles. The molecule has 0 fully saturated rings. The number of hydrogen-bond acceptors (Lipinski definition) is 3. The van der Waals surface area contributed by atoms with Gasteiger partial charge in [0.2, 0.25) is 0 Å². The van der Waals surface area contributed by atoms with Crippen molar-refractivity contribution >= 4 is 11.7 Å². The Kier molecular flexibility index (Phi) is 3.68. The van der Waals surface area contributed by atoms with Crippen LogP contribution in [0.1, 0.15) is 17.3 Å². The molecule has 4 heteroatoms. The van der Waals surface area contributed by atoms with Gasteiger partial charge in [0, 0.05) is 13.6 Å². The molecule has 0 saturated carbocycles. The third-order valence-electron chi connectivity index (χ3n) is 2.08. The van der Waals surface area contributed by atoms with Gasteiger partial charge in [0.05, 0.1) is 17.4 Å². The second-order valence-electron chi connectivity index (χ2n) is 3.55. The van der Waals surface area contributed by atoms with Gasteiger partial charge in [0.1, 0.15) is 0 Å². The molecule has 82 valence electrons. The van der Waals surface area contributed by atoms with Gasteiger partial charge < -0.3 is 15.1 Å². The summed E-state index contributed by atoms with van der Waals surface area (Å²) in [6.07, 6.45) is -0.489. The average Bonchev–Trinajstić information content (AvgIpc) is 2.16. The van der Waals surface area contributed by atoms with Crippen LogP contribution >= 0.6 is 0 Å². The van der Waals surface area contributed by atoms with Crippen LogP contribution in [0.5, 0.6) is 0 Å². The van der Waals surface area contributed by atoms with Crippen LogP contribution in [0.3, 0.4) is 0 Å². The number of nitrogens with zero attached hydrogens (tertiary/aromatic N) is 1. The predicted molar refractivity (Wildman–Crippen MR) is 58.4 cm³/mol. The molecule has 1 rings (SSSR count). The smallest absolute Gasteiger partial charge is 0.337 e. The van der Waals surface area contributed by atoms with Crippen molar-refractivity contribution in [2.45, 2.75) is 13.0 Å². The minimum absolute atomic E-state index is 0.251. The van der Waals surface area contributed by atoms with Crippen LogP contribution < -0.4 is 4.90 Å². The molecule has 1 unspecified atom stereocenters. The van der Waals surface area contributed by atoms with Crippen LogP contribution in [0.4, 0.5) is 5.69 Å². The first kappa shape index (κ1) is 11.5. The van der Waals surface area contributed by atoms with Gasteiger partial charge in [-0.3, -0.25) is 0 Å². The van der Waals surface area contributed by atoms with Crippen LogP contribution in [-0.4, -0.2) is 35.9 Å². The van der Waals surface area contributed by atoms with E-state index in [-0.39, 0.29) is 5.56 Å². The fourth-order valence-electron chi connectivity index (χ4n) is 1.48. The van der Waals surface area contributed by atoms with Crippen LogP contribution in [0.25, 0.3) is 0 Å². The molecule has 0 bridgehead atoms. The Labute approximate surface area is 88.8 Å². The summed E-state index contributed by atoms with van der Waals surface area (Å²) in [4.78, 5) is 12.7. The third-order valence-corrected chi connectivity index (χ3v) is 2.08. The summed E-state index contributed by atoms with van der Waals surface area (Å²) in [7, 11) is 1.76. The number of carbonyl (C=O) groups is 1. The van der Waals surface area contributed by atoms with Crippen molar-refractivity contribution in [2.24, 2.45) is 0 Å². The fraction of sp³-hybridized carbons (Fsp3) is 0.364. The fourth-order valence-corrected chi connectivity index (χ4v) is 1.48. The van der Waals surface area contributed by atoms with Crippen molar-refractivity contribution in [3.8, 4) is 0 Å². The van der Waals surface area contributed by atoms with E-state index in [1.54, 1.807) is 43.1 Å². The summed E-state index contributed by atoms with van der Waals surface area (Å²) < 4.78 is 0. The van der Waals surface area contributed by atoms with E-state index in [1.165, 1.54) is 0 Å². The summed E-state index contributed by atoms with van der Waals surface area (Å²) in [6.45, 7) is 2.07. The first-order valence-electron chi connectivity index (χ1n) is 4.74. The Bertz CT molecular complexity index is 349. The lowest BCUT2D eigenvalue weighted by atomic mass is 10.1. The van der Waals surface area contributed by atoms with Crippen molar-refractivity contribution in [2.75, 3.05) is 18.5 Å². The van der Waals surface area contributed by atoms with Crippen molar-refractivity contribution in [3.63, 3.8) is 0 Å². The summed E-state index contributed by atoms with van der Waals surface area (Å²) in [5, 5.41) is 18.2. The maximum atomic E-state index is 10.9. The Morgan fingerprint density at radius 3 is 2.60 bits per heavy atom. The highest BCUT2D eigenvalue weighted by Crippen LogP contribution is 2.19. The molecule has 1 aromatic rings. The molecule has 0 amide bonds. The molecule has 1 aromatic carbocycles. The second kappa shape index (κ2) is 4.79. The van der Waals surface area contributed by atoms with E-state index < -0.39 is 12.1 Å². The molecule has 0 radical (unpaired) electrons. The molecular weight excluding hydrogens is 194 g/mol.